The monoisotopic (exact) mass is 366 g/mol. The van der Waals surface area contributed by atoms with Crippen molar-refractivity contribution >= 4 is 11.6 Å². The molecular weight excluding hydrogens is 338 g/mol. The Morgan fingerprint density at radius 3 is 2.81 bits per heavy atom. The van der Waals surface area contributed by atoms with Gasteiger partial charge in [0.1, 0.15) is 11.8 Å². The molecule has 1 aromatic heterocycles. The number of likely N-dealkylation sites (tertiary alicyclic amines) is 1. The van der Waals surface area contributed by atoms with Crippen molar-refractivity contribution in [1.29, 1.82) is 0 Å². The number of carbonyl (C=O) groups excluding carboxylic acids is 1. The number of furan rings is 1. The van der Waals surface area contributed by atoms with Crippen LogP contribution in [0.1, 0.15) is 49.1 Å². The number of hydrogen-bond acceptors (Lipinski definition) is 3. The first-order valence-corrected chi connectivity index (χ1v) is 9.93. The molecule has 1 aromatic carbocycles. The zero-order valence-electron chi connectivity index (χ0n) is 16.1. The van der Waals surface area contributed by atoms with Crippen molar-refractivity contribution < 1.29 is 14.1 Å². The molecule has 0 aliphatic carbocycles. The number of hydrogen-bond donors (Lipinski definition) is 1. The highest BCUT2D eigenvalue weighted by molar-refractivity contribution is 6.03. The van der Waals surface area contributed by atoms with E-state index in [-0.39, 0.29) is 11.9 Å². The SMILES string of the molecule is Cc1ccc(C2=NN(C(=O)C[NH+]3CCC[C@H](C)C3)[C@H](c3ccco3)C2)cc1. The summed E-state index contributed by atoms with van der Waals surface area (Å²) >= 11 is 0. The van der Waals surface area contributed by atoms with E-state index in [0.717, 1.165) is 30.1 Å². The van der Waals surface area contributed by atoms with Gasteiger partial charge in [-0.1, -0.05) is 36.8 Å². The number of quaternary nitrogens is 1. The van der Waals surface area contributed by atoms with Crippen LogP contribution in [-0.2, 0) is 4.79 Å². The molecule has 27 heavy (non-hydrogen) atoms. The van der Waals surface area contributed by atoms with E-state index in [9.17, 15) is 4.79 Å². The van der Waals surface area contributed by atoms with Crippen molar-refractivity contribution in [2.45, 2.75) is 39.2 Å². The van der Waals surface area contributed by atoms with Gasteiger partial charge in [0.05, 0.1) is 25.1 Å². The fourth-order valence-corrected chi connectivity index (χ4v) is 4.22. The first-order valence-electron chi connectivity index (χ1n) is 9.93. The predicted octanol–water partition coefficient (Wildman–Crippen LogP) is 2.58. The Balaban J connectivity index is 1.55. The van der Waals surface area contributed by atoms with Crippen LogP contribution in [-0.4, -0.2) is 36.3 Å². The van der Waals surface area contributed by atoms with Gasteiger partial charge in [-0.05, 0) is 37.5 Å². The first kappa shape index (κ1) is 18.0. The Kier molecular flexibility index (Phi) is 5.12. The second-order valence-corrected chi connectivity index (χ2v) is 8.01. The normalized spacial score (nSPS) is 25.5. The van der Waals surface area contributed by atoms with Gasteiger partial charge in [0.15, 0.2) is 6.54 Å². The maximum Gasteiger partial charge on any atom is 0.298 e. The molecule has 1 saturated heterocycles. The van der Waals surface area contributed by atoms with E-state index in [4.69, 9.17) is 9.52 Å². The lowest BCUT2D eigenvalue weighted by atomic mass is 10.0. The Bertz CT molecular complexity index is 811. The van der Waals surface area contributed by atoms with Crippen molar-refractivity contribution in [3.05, 3.63) is 59.5 Å². The molecule has 1 fully saturated rings. The number of amides is 1. The molecule has 5 heteroatoms. The molecule has 3 atom stereocenters. The molecule has 2 aliphatic rings. The molecule has 0 radical (unpaired) electrons. The van der Waals surface area contributed by atoms with Crippen LogP contribution >= 0.6 is 0 Å². The average molecular weight is 366 g/mol. The minimum Gasteiger partial charge on any atom is -0.467 e. The molecule has 1 unspecified atom stereocenters. The predicted molar refractivity (Wildman–Crippen MR) is 105 cm³/mol. The standard InChI is InChI=1S/C22H27N3O2/c1-16-7-9-18(10-8-16)19-13-20(21-6-4-12-27-21)25(23-19)22(26)15-24-11-3-5-17(2)14-24/h4,6-10,12,17,20H,3,5,11,13-15H2,1-2H3/p+1/t17-,20-/m0/s1. The topological polar surface area (TPSA) is 50.2 Å². The summed E-state index contributed by atoms with van der Waals surface area (Å²) in [6, 6.07) is 12.0. The number of nitrogens with zero attached hydrogens (tertiary/aromatic N) is 2. The number of piperidine rings is 1. The zero-order valence-corrected chi connectivity index (χ0v) is 16.1. The van der Waals surface area contributed by atoms with Crippen LogP contribution in [0.25, 0.3) is 0 Å². The van der Waals surface area contributed by atoms with Crippen molar-refractivity contribution in [1.82, 2.24) is 5.01 Å². The highest BCUT2D eigenvalue weighted by atomic mass is 16.3. The molecule has 0 spiro atoms. The molecule has 2 aromatic rings. The van der Waals surface area contributed by atoms with Crippen molar-refractivity contribution in [3.63, 3.8) is 0 Å². The van der Waals surface area contributed by atoms with Crippen LogP contribution in [0.4, 0.5) is 0 Å². The third-order valence-electron chi connectivity index (χ3n) is 5.69. The number of hydrazone groups is 1. The van der Waals surface area contributed by atoms with Crippen LogP contribution in [0.15, 0.2) is 52.2 Å². The number of rotatable bonds is 4. The van der Waals surface area contributed by atoms with E-state index in [1.807, 2.05) is 12.1 Å². The molecule has 142 valence electrons. The zero-order chi connectivity index (χ0) is 18.8. The number of carbonyl (C=O) groups is 1. The first-order chi connectivity index (χ1) is 13.1. The summed E-state index contributed by atoms with van der Waals surface area (Å²) in [6.45, 7) is 7.00. The van der Waals surface area contributed by atoms with Crippen LogP contribution in [0.5, 0.6) is 0 Å². The van der Waals surface area contributed by atoms with Gasteiger partial charge in [-0.3, -0.25) is 4.79 Å². The van der Waals surface area contributed by atoms with E-state index < -0.39 is 0 Å². The van der Waals surface area contributed by atoms with Gasteiger partial charge in [0.25, 0.3) is 5.91 Å². The molecule has 4 rings (SSSR count). The van der Waals surface area contributed by atoms with E-state index in [1.165, 1.54) is 23.3 Å². The largest absolute Gasteiger partial charge is 0.467 e. The summed E-state index contributed by atoms with van der Waals surface area (Å²) in [6.07, 6.45) is 4.82. The fraction of sp³-hybridized carbons (Fsp3) is 0.455. The molecular formula is C22H28N3O2+. The van der Waals surface area contributed by atoms with E-state index in [1.54, 1.807) is 11.3 Å². The highest BCUT2D eigenvalue weighted by Crippen LogP contribution is 2.32. The van der Waals surface area contributed by atoms with Gasteiger partial charge < -0.3 is 9.32 Å². The molecule has 1 amide bonds. The summed E-state index contributed by atoms with van der Waals surface area (Å²) in [4.78, 5) is 14.5. The lowest BCUT2D eigenvalue weighted by Crippen LogP contribution is -3.14. The van der Waals surface area contributed by atoms with Crippen molar-refractivity contribution in [3.8, 4) is 0 Å². The van der Waals surface area contributed by atoms with E-state index in [2.05, 4.69) is 38.1 Å². The minimum absolute atomic E-state index is 0.0858. The summed E-state index contributed by atoms with van der Waals surface area (Å²) < 4.78 is 5.63. The summed E-state index contributed by atoms with van der Waals surface area (Å²) in [7, 11) is 0. The second-order valence-electron chi connectivity index (χ2n) is 8.01. The quantitative estimate of drug-likeness (QED) is 0.904. The summed E-state index contributed by atoms with van der Waals surface area (Å²) in [5.74, 6) is 1.58. The van der Waals surface area contributed by atoms with Gasteiger partial charge in [0, 0.05) is 12.3 Å². The Morgan fingerprint density at radius 2 is 2.11 bits per heavy atom. The smallest absolute Gasteiger partial charge is 0.298 e. The van der Waals surface area contributed by atoms with Gasteiger partial charge in [0.2, 0.25) is 0 Å². The van der Waals surface area contributed by atoms with Crippen molar-refractivity contribution in [2.24, 2.45) is 11.0 Å². The molecule has 1 N–H and O–H groups in total. The summed E-state index contributed by atoms with van der Waals surface area (Å²) in [5, 5.41) is 6.40. The Labute approximate surface area is 160 Å². The highest BCUT2D eigenvalue weighted by Gasteiger charge is 2.36. The minimum atomic E-state index is -0.148. The average Bonchev–Trinajstić information content (AvgIpc) is 3.32. The Hall–Kier alpha value is -2.40. The molecule has 0 saturated carbocycles. The third kappa shape index (κ3) is 3.98. The summed E-state index contributed by atoms with van der Waals surface area (Å²) in [5.41, 5.74) is 3.24. The molecule has 5 nitrogen and oxygen atoms in total. The van der Waals surface area contributed by atoms with Crippen LogP contribution < -0.4 is 4.90 Å². The molecule has 2 aliphatic heterocycles. The molecule has 3 heterocycles. The van der Waals surface area contributed by atoms with Gasteiger partial charge in [-0.25, -0.2) is 5.01 Å². The number of nitrogens with one attached hydrogen (secondary N) is 1. The van der Waals surface area contributed by atoms with Crippen LogP contribution in [0.3, 0.4) is 0 Å². The maximum atomic E-state index is 13.1. The number of aryl methyl sites for hydroxylation is 1. The van der Waals surface area contributed by atoms with Gasteiger partial charge in [-0.15, -0.1) is 0 Å². The Morgan fingerprint density at radius 1 is 1.30 bits per heavy atom. The second kappa shape index (κ2) is 7.69. The van der Waals surface area contributed by atoms with Crippen LogP contribution in [0, 0.1) is 12.8 Å². The van der Waals surface area contributed by atoms with Crippen molar-refractivity contribution in [2.75, 3.05) is 19.6 Å². The lowest BCUT2D eigenvalue weighted by molar-refractivity contribution is -0.900. The van der Waals surface area contributed by atoms with E-state index >= 15 is 0 Å². The van der Waals surface area contributed by atoms with E-state index in [0.29, 0.717) is 18.9 Å². The number of benzene rings is 1. The van der Waals surface area contributed by atoms with Crippen LogP contribution in [0.2, 0.25) is 0 Å². The maximum absolute atomic E-state index is 13.1. The fourth-order valence-electron chi connectivity index (χ4n) is 4.22. The molecule has 0 bridgehead atoms. The van der Waals surface area contributed by atoms with Gasteiger partial charge in [-0.2, -0.15) is 5.10 Å². The third-order valence-corrected chi connectivity index (χ3v) is 5.69. The lowest BCUT2D eigenvalue weighted by Gasteiger charge is -2.29. The van der Waals surface area contributed by atoms with Gasteiger partial charge >= 0.3 is 0 Å².